The molecule has 1 heterocycles. The van der Waals surface area contributed by atoms with Crippen molar-refractivity contribution in [2.45, 2.75) is 19.9 Å². The minimum absolute atomic E-state index is 0.326. The highest BCUT2D eigenvalue weighted by atomic mass is 16.4. The van der Waals surface area contributed by atoms with Gasteiger partial charge in [0.05, 0.1) is 11.3 Å². The van der Waals surface area contributed by atoms with Crippen LogP contribution >= 0.6 is 0 Å². The first-order valence-corrected chi connectivity index (χ1v) is 6.61. The summed E-state index contributed by atoms with van der Waals surface area (Å²) in [5, 5.41) is 9.25. The van der Waals surface area contributed by atoms with Gasteiger partial charge in [0.15, 0.2) is 0 Å². The molecule has 5 nitrogen and oxygen atoms in total. The maximum absolute atomic E-state index is 11.3. The van der Waals surface area contributed by atoms with Crippen LogP contribution in [0.5, 0.6) is 0 Å². The van der Waals surface area contributed by atoms with Gasteiger partial charge in [0.1, 0.15) is 0 Å². The van der Waals surface area contributed by atoms with Crippen molar-refractivity contribution in [3.05, 3.63) is 23.8 Å². The molecule has 5 heteroatoms. The summed E-state index contributed by atoms with van der Waals surface area (Å²) in [6.45, 7) is 7.93. The van der Waals surface area contributed by atoms with Gasteiger partial charge < -0.3 is 15.7 Å². The Morgan fingerprint density at radius 2 is 1.89 bits per heavy atom. The minimum atomic E-state index is -0.902. The molecule has 1 saturated heterocycles. The number of hydrogen-bond donors (Lipinski definition) is 2. The summed E-state index contributed by atoms with van der Waals surface area (Å²) in [5.74, 6) is -0.902. The second-order valence-corrected chi connectivity index (χ2v) is 5.20. The van der Waals surface area contributed by atoms with E-state index in [2.05, 4.69) is 23.6 Å². The van der Waals surface area contributed by atoms with Crippen LogP contribution in [0, 0.1) is 0 Å². The Balaban J connectivity index is 2.19. The Hall–Kier alpha value is -1.75. The fraction of sp³-hybridized carbons (Fsp3) is 0.500. The average Bonchev–Trinajstić information content (AvgIpc) is 2.38. The number of nitrogen functional groups attached to an aromatic ring is 1. The van der Waals surface area contributed by atoms with Crippen molar-refractivity contribution in [3.8, 4) is 0 Å². The summed E-state index contributed by atoms with van der Waals surface area (Å²) in [7, 11) is 0. The van der Waals surface area contributed by atoms with Crippen LogP contribution in [-0.2, 0) is 0 Å². The lowest BCUT2D eigenvalue weighted by Crippen LogP contribution is -2.49. The molecule has 2 rings (SSSR count). The molecule has 0 bridgehead atoms. The minimum Gasteiger partial charge on any atom is -0.478 e. The zero-order valence-corrected chi connectivity index (χ0v) is 11.5. The second-order valence-electron chi connectivity index (χ2n) is 5.20. The summed E-state index contributed by atoms with van der Waals surface area (Å²) in [5.41, 5.74) is 7.44. The summed E-state index contributed by atoms with van der Waals surface area (Å²) in [6, 6.07) is 5.51. The van der Waals surface area contributed by atoms with Crippen molar-refractivity contribution in [1.29, 1.82) is 0 Å². The van der Waals surface area contributed by atoms with Crippen LogP contribution in [0.25, 0.3) is 0 Å². The van der Waals surface area contributed by atoms with Crippen LogP contribution in [0.3, 0.4) is 0 Å². The van der Waals surface area contributed by atoms with Crippen molar-refractivity contribution >= 4 is 17.3 Å². The van der Waals surface area contributed by atoms with Crippen LogP contribution in [0.1, 0.15) is 24.2 Å². The van der Waals surface area contributed by atoms with Crippen LogP contribution in [0.2, 0.25) is 0 Å². The van der Waals surface area contributed by atoms with Gasteiger partial charge in [-0.15, -0.1) is 0 Å². The molecule has 1 fully saturated rings. The average molecular weight is 263 g/mol. The fourth-order valence-corrected chi connectivity index (χ4v) is 2.47. The van der Waals surface area contributed by atoms with Crippen molar-refractivity contribution in [2.75, 3.05) is 36.8 Å². The number of carboxylic acids is 1. The van der Waals surface area contributed by atoms with E-state index in [0.717, 1.165) is 31.9 Å². The van der Waals surface area contributed by atoms with E-state index in [0.29, 0.717) is 17.3 Å². The third-order valence-electron chi connectivity index (χ3n) is 3.64. The van der Waals surface area contributed by atoms with Crippen molar-refractivity contribution in [3.63, 3.8) is 0 Å². The number of piperazine rings is 1. The molecule has 0 radical (unpaired) electrons. The van der Waals surface area contributed by atoms with Crippen LogP contribution in [-0.4, -0.2) is 48.2 Å². The van der Waals surface area contributed by atoms with Gasteiger partial charge in [-0.1, -0.05) is 0 Å². The topological polar surface area (TPSA) is 69.8 Å². The monoisotopic (exact) mass is 263 g/mol. The molecule has 104 valence electrons. The van der Waals surface area contributed by atoms with E-state index >= 15 is 0 Å². The number of benzene rings is 1. The molecule has 0 spiro atoms. The molecule has 3 N–H and O–H groups in total. The SMILES string of the molecule is CC(C)N1CCN(c2cc(N)ccc2C(=O)O)CC1. The zero-order chi connectivity index (χ0) is 14.0. The number of anilines is 2. The highest BCUT2D eigenvalue weighted by Gasteiger charge is 2.22. The number of carbonyl (C=O) groups is 1. The first kappa shape index (κ1) is 13.7. The summed E-state index contributed by atoms with van der Waals surface area (Å²) in [4.78, 5) is 15.8. The van der Waals surface area contributed by atoms with E-state index in [4.69, 9.17) is 5.73 Å². The van der Waals surface area contributed by atoms with E-state index < -0.39 is 5.97 Å². The van der Waals surface area contributed by atoms with Crippen LogP contribution in [0.4, 0.5) is 11.4 Å². The molecule has 0 aliphatic carbocycles. The lowest BCUT2D eigenvalue weighted by atomic mass is 10.1. The van der Waals surface area contributed by atoms with Crippen molar-refractivity contribution in [1.82, 2.24) is 4.90 Å². The fourth-order valence-electron chi connectivity index (χ4n) is 2.47. The predicted octanol–water partition coefficient (Wildman–Crippen LogP) is 1.50. The number of carboxylic acid groups (broad SMARTS) is 1. The van der Waals surface area contributed by atoms with Gasteiger partial charge in [-0.05, 0) is 32.0 Å². The van der Waals surface area contributed by atoms with E-state index in [1.165, 1.54) is 0 Å². The number of nitrogens with two attached hydrogens (primary N) is 1. The molecule has 0 unspecified atom stereocenters. The number of rotatable bonds is 3. The van der Waals surface area contributed by atoms with Crippen LogP contribution in [0.15, 0.2) is 18.2 Å². The number of nitrogens with zero attached hydrogens (tertiary/aromatic N) is 2. The molecule has 0 saturated carbocycles. The highest BCUT2D eigenvalue weighted by Crippen LogP contribution is 2.25. The van der Waals surface area contributed by atoms with Crippen LogP contribution < -0.4 is 10.6 Å². The summed E-state index contributed by atoms with van der Waals surface area (Å²) in [6.07, 6.45) is 0. The number of aromatic carboxylic acids is 1. The molecule has 1 aromatic carbocycles. The molecule has 1 aromatic rings. The second kappa shape index (κ2) is 5.48. The first-order chi connectivity index (χ1) is 8.99. The van der Waals surface area contributed by atoms with Gasteiger partial charge in [0, 0.05) is 37.9 Å². The first-order valence-electron chi connectivity index (χ1n) is 6.61. The van der Waals surface area contributed by atoms with Gasteiger partial charge in [0.2, 0.25) is 0 Å². The van der Waals surface area contributed by atoms with Gasteiger partial charge in [-0.2, -0.15) is 0 Å². The molecule has 1 aliphatic rings. The van der Waals surface area contributed by atoms with Gasteiger partial charge in [-0.3, -0.25) is 4.90 Å². The van der Waals surface area contributed by atoms with Gasteiger partial charge in [0.25, 0.3) is 0 Å². The molecular weight excluding hydrogens is 242 g/mol. The van der Waals surface area contributed by atoms with Gasteiger partial charge >= 0.3 is 5.97 Å². The zero-order valence-electron chi connectivity index (χ0n) is 11.5. The highest BCUT2D eigenvalue weighted by molar-refractivity contribution is 5.95. The molecule has 1 aliphatic heterocycles. The van der Waals surface area contributed by atoms with E-state index in [9.17, 15) is 9.90 Å². The van der Waals surface area contributed by atoms with Crippen molar-refractivity contribution in [2.24, 2.45) is 0 Å². The lowest BCUT2D eigenvalue weighted by molar-refractivity contribution is 0.0697. The van der Waals surface area contributed by atoms with E-state index in [-0.39, 0.29) is 0 Å². The Morgan fingerprint density at radius 1 is 1.26 bits per heavy atom. The molecule has 19 heavy (non-hydrogen) atoms. The molecular formula is C14H21N3O2. The maximum atomic E-state index is 11.3. The van der Waals surface area contributed by atoms with E-state index in [1.54, 1.807) is 18.2 Å². The lowest BCUT2D eigenvalue weighted by Gasteiger charge is -2.38. The quantitative estimate of drug-likeness (QED) is 0.809. The summed E-state index contributed by atoms with van der Waals surface area (Å²) >= 11 is 0. The smallest absolute Gasteiger partial charge is 0.337 e. The Kier molecular flexibility index (Phi) is 3.95. The van der Waals surface area contributed by atoms with Gasteiger partial charge in [-0.25, -0.2) is 4.79 Å². The normalized spacial score (nSPS) is 16.9. The molecule has 0 amide bonds. The predicted molar refractivity (Wildman–Crippen MR) is 76.7 cm³/mol. The Bertz CT molecular complexity index is 466. The summed E-state index contributed by atoms with van der Waals surface area (Å²) < 4.78 is 0. The number of hydrogen-bond acceptors (Lipinski definition) is 4. The van der Waals surface area contributed by atoms with E-state index in [1.807, 2.05) is 0 Å². The molecule has 0 aromatic heterocycles. The Morgan fingerprint density at radius 3 is 2.42 bits per heavy atom. The third-order valence-corrected chi connectivity index (χ3v) is 3.64. The third kappa shape index (κ3) is 2.98. The molecule has 0 atom stereocenters. The largest absolute Gasteiger partial charge is 0.478 e. The maximum Gasteiger partial charge on any atom is 0.337 e. The van der Waals surface area contributed by atoms with Crippen molar-refractivity contribution < 1.29 is 9.90 Å². The standard InChI is InChI=1S/C14H21N3O2/c1-10(2)16-5-7-17(8-6-16)13-9-11(15)3-4-12(13)14(18)19/h3-4,9-10H,5-8,15H2,1-2H3,(H,18,19). The Labute approximate surface area is 113 Å².